The number of aryl methyl sites for hydroxylation is 7. The van der Waals surface area contributed by atoms with E-state index in [9.17, 15) is 0 Å². The van der Waals surface area contributed by atoms with Crippen LogP contribution in [0.4, 0.5) is 0 Å². The van der Waals surface area contributed by atoms with Gasteiger partial charge in [-0.15, -0.1) is 0 Å². The van der Waals surface area contributed by atoms with Crippen LogP contribution in [0, 0.1) is 83.1 Å². The molecule has 0 saturated carbocycles. The summed E-state index contributed by atoms with van der Waals surface area (Å²) in [5, 5.41) is 0. The van der Waals surface area contributed by atoms with Gasteiger partial charge in [-0.05, 0) is 116 Å². The molecule has 0 radical (unpaired) electrons. The summed E-state index contributed by atoms with van der Waals surface area (Å²) in [6, 6.07) is 6.58. The minimum Gasteiger partial charge on any atom is -0.779 e. The van der Waals surface area contributed by atoms with E-state index in [0.29, 0.717) is 0 Å². The van der Waals surface area contributed by atoms with Gasteiger partial charge in [0.1, 0.15) is 0 Å². The van der Waals surface area contributed by atoms with Crippen molar-refractivity contribution in [2.75, 3.05) is 0 Å². The molecule has 3 aromatic carbocycles. The molecule has 40 heavy (non-hydrogen) atoms. The molecule has 0 saturated heterocycles. The summed E-state index contributed by atoms with van der Waals surface area (Å²) in [7, 11) is 1.94. The second-order valence-electron chi connectivity index (χ2n) is 10.5. The average molecular weight is 643 g/mol. The molecular weight excluding hydrogens is 598 g/mol. The summed E-state index contributed by atoms with van der Waals surface area (Å²) >= 11 is 15.8. The Hall–Kier alpha value is -1.85. The van der Waals surface area contributed by atoms with Crippen molar-refractivity contribution < 1.29 is 19.5 Å². The molecule has 0 bridgehead atoms. The Kier molecular flexibility index (Phi) is 16.4. The zero-order valence-electron chi connectivity index (χ0n) is 26.8. The van der Waals surface area contributed by atoms with E-state index < -0.39 is 0 Å². The van der Waals surface area contributed by atoms with Crippen molar-refractivity contribution in [1.82, 2.24) is 9.55 Å². The Labute approximate surface area is 273 Å². The first-order valence-corrected chi connectivity index (χ1v) is 14.4. The van der Waals surface area contributed by atoms with E-state index in [2.05, 4.69) is 106 Å². The fraction of sp³-hybridized carbons (Fsp3) is 0.382. The molecule has 0 aliphatic rings. The third kappa shape index (κ3) is 10.5. The van der Waals surface area contributed by atoms with Gasteiger partial charge in [-0.3, -0.25) is 0 Å². The molecule has 2 nitrogen and oxygen atoms in total. The molecule has 0 spiro atoms. The first kappa shape index (κ1) is 38.2. The second kappa shape index (κ2) is 17.2. The topological polar surface area (TPSA) is 17.8 Å². The molecule has 0 atom stereocenters. The van der Waals surface area contributed by atoms with E-state index in [1.165, 1.54) is 66.8 Å². The van der Waals surface area contributed by atoms with E-state index in [1.54, 1.807) is 12.5 Å². The van der Waals surface area contributed by atoms with Crippen molar-refractivity contribution in [2.45, 2.75) is 97.8 Å². The minimum atomic E-state index is 0. The van der Waals surface area contributed by atoms with E-state index in [1.807, 2.05) is 17.8 Å². The summed E-state index contributed by atoms with van der Waals surface area (Å²) in [5.41, 5.74) is 15.3. The maximum atomic E-state index is 5.27. The number of hydrogen-bond donors (Lipinski definition) is 0. The van der Waals surface area contributed by atoms with E-state index in [4.69, 9.17) is 37.9 Å². The maximum absolute atomic E-state index is 5.27. The van der Waals surface area contributed by atoms with Crippen molar-refractivity contribution >= 4 is 37.9 Å². The summed E-state index contributed by atoms with van der Waals surface area (Å²) in [5.74, 6) is 0. The Morgan fingerprint density at radius 1 is 0.475 bits per heavy atom. The summed E-state index contributed by atoms with van der Waals surface area (Å²) < 4.78 is 1.89. The molecule has 4 aromatic rings. The van der Waals surface area contributed by atoms with Crippen LogP contribution in [0.15, 0.2) is 51.6 Å². The second-order valence-corrected chi connectivity index (χ2v) is 11.7. The maximum Gasteiger partial charge on any atom is 2.00 e. The number of benzene rings is 3. The first-order valence-electron chi connectivity index (χ1n) is 13.2. The molecule has 1 aromatic heterocycles. The predicted octanol–water partition coefficient (Wildman–Crippen LogP) is 8.90. The van der Waals surface area contributed by atoms with Gasteiger partial charge in [-0.1, -0.05) is 51.6 Å². The van der Waals surface area contributed by atoms with Gasteiger partial charge in [0.15, 0.2) is 0 Å². The van der Waals surface area contributed by atoms with Crippen molar-refractivity contribution in [1.29, 1.82) is 0 Å². The quantitative estimate of drug-likeness (QED) is 0.141. The third-order valence-corrected chi connectivity index (χ3v) is 9.37. The van der Waals surface area contributed by atoms with E-state index in [0.717, 1.165) is 14.7 Å². The van der Waals surface area contributed by atoms with Gasteiger partial charge in [-0.25, -0.2) is 4.98 Å². The molecule has 0 aliphatic carbocycles. The number of rotatable bonds is 0. The molecule has 1 heterocycles. The molecule has 0 N–H and O–H groups in total. The zero-order chi connectivity index (χ0) is 30.2. The molecule has 0 aliphatic heterocycles. The summed E-state index contributed by atoms with van der Waals surface area (Å²) in [6.45, 7) is 25.2. The molecule has 6 heteroatoms. The minimum absolute atomic E-state index is 0. The molecule has 4 rings (SSSR count). The van der Waals surface area contributed by atoms with Crippen LogP contribution in [0.2, 0.25) is 0 Å². The van der Waals surface area contributed by atoms with Crippen LogP contribution < -0.4 is 0 Å². The Balaban J connectivity index is 0.000000513. The molecule has 0 fully saturated rings. The summed E-state index contributed by atoms with van der Waals surface area (Å²) in [6.07, 6.45) is 5.39. The fourth-order valence-corrected chi connectivity index (χ4v) is 4.83. The normalized spacial score (nSPS) is 9.72. The largest absolute Gasteiger partial charge is 2.00 e. The Morgan fingerprint density at radius 3 is 0.825 bits per heavy atom. The van der Waals surface area contributed by atoms with Crippen LogP contribution in [0.1, 0.15) is 66.8 Å². The van der Waals surface area contributed by atoms with Crippen molar-refractivity contribution in [2.24, 2.45) is 7.05 Å². The smallest absolute Gasteiger partial charge is 0.779 e. The van der Waals surface area contributed by atoms with E-state index >= 15 is 0 Å². The van der Waals surface area contributed by atoms with Crippen LogP contribution in [0.5, 0.6) is 0 Å². The van der Waals surface area contributed by atoms with Crippen LogP contribution in [-0.2, 0) is 64.4 Å². The Morgan fingerprint density at radius 2 is 0.700 bits per heavy atom. The van der Waals surface area contributed by atoms with Crippen LogP contribution in [0.25, 0.3) is 0 Å². The van der Waals surface area contributed by atoms with Gasteiger partial charge >= 0.3 is 19.5 Å². The molecule has 0 amide bonds. The first-order chi connectivity index (χ1) is 18.0. The van der Waals surface area contributed by atoms with Crippen LogP contribution in [0.3, 0.4) is 0 Å². The monoisotopic (exact) mass is 641 g/mol. The molecule has 0 unspecified atom stereocenters. The van der Waals surface area contributed by atoms with Gasteiger partial charge in [0.2, 0.25) is 0 Å². The third-order valence-electron chi connectivity index (χ3n) is 7.53. The van der Waals surface area contributed by atoms with Gasteiger partial charge < -0.3 is 42.5 Å². The summed E-state index contributed by atoms with van der Waals surface area (Å²) in [4.78, 5) is 6.88. The zero-order valence-corrected chi connectivity index (χ0v) is 32.2. The van der Waals surface area contributed by atoms with Crippen LogP contribution >= 0.6 is 0 Å². The number of nitrogens with zero attached hydrogens (tertiary/aromatic N) is 2. The number of aromatic nitrogens is 2. The SMILES string of the molecule is Cc1cc(C)c(C)c([S-])c1C.Cc1cc(C)c(C)c([S-])c1C.Cc1cc(C)c(C)c([S-])c1C.Cn1ccnc1.[Zn+2]. The van der Waals surface area contributed by atoms with Crippen molar-refractivity contribution in [3.8, 4) is 0 Å². The molecule has 212 valence electrons. The van der Waals surface area contributed by atoms with Crippen molar-refractivity contribution in [3.63, 3.8) is 0 Å². The van der Waals surface area contributed by atoms with Gasteiger partial charge in [0.25, 0.3) is 0 Å². The number of imidazole rings is 1. The Bertz CT molecular complexity index is 1180. The average Bonchev–Trinajstić information content (AvgIpc) is 3.38. The van der Waals surface area contributed by atoms with Gasteiger partial charge in [0, 0.05) is 19.4 Å². The van der Waals surface area contributed by atoms with Crippen LogP contribution in [-0.4, -0.2) is 9.55 Å². The fourth-order valence-electron chi connectivity index (χ4n) is 3.87. The van der Waals surface area contributed by atoms with Gasteiger partial charge in [-0.2, -0.15) is 14.7 Å². The standard InChI is InChI=1S/3C10H14S.C4H6N2.Zn/c3*1-6-5-7(2)9(4)10(11)8(6)3;1-6-3-2-5-4-6;/h3*5,11H,1-4H3;2-4H,1H3;/q;;;;+2/p-3. The van der Waals surface area contributed by atoms with Gasteiger partial charge in [0.05, 0.1) is 6.33 Å². The predicted molar refractivity (Wildman–Crippen MR) is 176 cm³/mol. The molecular formula is C34H45N2S3Zn-. The number of hydrogen-bond acceptors (Lipinski definition) is 4. The van der Waals surface area contributed by atoms with Crippen molar-refractivity contribution in [3.05, 3.63) is 104 Å². The van der Waals surface area contributed by atoms with E-state index in [-0.39, 0.29) is 19.5 Å².